The number of hydrogen-bond donors (Lipinski definition) is 0. The van der Waals surface area contributed by atoms with E-state index in [1.54, 1.807) is 12.1 Å². The van der Waals surface area contributed by atoms with E-state index in [2.05, 4.69) is 18.2 Å². The van der Waals surface area contributed by atoms with Gasteiger partial charge in [-0.15, -0.1) is 0 Å². The first-order valence-electron chi connectivity index (χ1n) is 11.7. The topological polar surface area (TPSA) is 57.2 Å². The first kappa shape index (κ1) is 22.3. The molecule has 32 heavy (non-hydrogen) atoms. The van der Waals surface area contributed by atoms with Gasteiger partial charge in [0.05, 0.1) is 19.8 Å². The van der Waals surface area contributed by atoms with E-state index >= 15 is 0 Å². The van der Waals surface area contributed by atoms with Crippen LogP contribution in [-0.2, 0) is 6.42 Å². The summed E-state index contributed by atoms with van der Waals surface area (Å²) in [5.74, 6) is 2.63. The molecule has 6 heteroatoms. The molecule has 0 atom stereocenters. The van der Waals surface area contributed by atoms with Crippen LogP contribution in [0.15, 0.2) is 36.4 Å². The number of para-hydroxylation sites is 1. The summed E-state index contributed by atoms with van der Waals surface area (Å²) in [6.45, 7) is 8.53. The number of hydrogen-bond acceptors (Lipinski definition) is 5. The maximum absolute atomic E-state index is 13.4. The lowest BCUT2D eigenvalue weighted by Gasteiger charge is -2.44. The summed E-state index contributed by atoms with van der Waals surface area (Å²) >= 11 is 0. The third-order valence-corrected chi connectivity index (χ3v) is 6.27. The minimum Gasteiger partial charge on any atom is -0.490 e. The number of fused-ring (bicyclic) bond motifs is 1. The van der Waals surface area contributed by atoms with Crippen molar-refractivity contribution < 1.29 is 23.7 Å². The second kappa shape index (κ2) is 9.72. The molecule has 2 aromatic rings. The van der Waals surface area contributed by atoms with Gasteiger partial charge in [-0.3, -0.25) is 4.79 Å². The maximum atomic E-state index is 13.4. The van der Waals surface area contributed by atoms with Gasteiger partial charge in [0, 0.05) is 31.5 Å². The van der Waals surface area contributed by atoms with E-state index in [-0.39, 0.29) is 11.5 Å². The molecular weight excluding hydrogens is 406 g/mol. The molecular formula is C26H33NO5. The van der Waals surface area contributed by atoms with Crippen molar-refractivity contribution in [1.29, 1.82) is 0 Å². The highest BCUT2D eigenvalue weighted by molar-refractivity contribution is 5.95. The lowest BCUT2D eigenvalue weighted by atomic mass is 9.83. The van der Waals surface area contributed by atoms with Crippen LogP contribution in [0.4, 0.5) is 0 Å². The number of nitrogens with zero attached hydrogens (tertiary/aromatic N) is 1. The monoisotopic (exact) mass is 439 g/mol. The average Bonchev–Trinajstić information content (AvgIpc) is 2.81. The molecule has 2 aliphatic rings. The summed E-state index contributed by atoms with van der Waals surface area (Å²) in [6.07, 6.45) is 3.69. The molecule has 0 unspecified atom stereocenters. The van der Waals surface area contributed by atoms with Crippen molar-refractivity contribution in [3.05, 3.63) is 47.5 Å². The van der Waals surface area contributed by atoms with Gasteiger partial charge in [-0.05, 0) is 57.4 Å². The fraction of sp³-hybridized carbons (Fsp3) is 0.500. The van der Waals surface area contributed by atoms with Gasteiger partial charge in [0.2, 0.25) is 5.75 Å². The number of benzene rings is 2. The highest BCUT2D eigenvalue weighted by atomic mass is 16.5. The maximum Gasteiger partial charge on any atom is 0.254 e. The Labute approximate surface area is 190 Å². The summed E-state index contributed by atoms with van der Waals surface area (Å²) in [6, 6.07) is 11.8. The van der Waals surface area contributed by atoms with Gasteiger partial charge in [0.25, 0.3) is 5.91 Å². The zero-order valence-corrected chi connectivity index (χ0v) is 19.3. The Morgan fingerprint density at radius 2 is 1.56 bits per heavy atom. The molecule has 2 heterocycles. The summed E-state index contributed by atoms with van der Waals surface area (Å²) in [4.78, 5) is 15.3. The van der Waals surface area contributed by atoms with Gasteiger partial charge in [0.1, 0.15) is 11.4 Å². The standard InChI is InChI=1S/C26H33NO5/c1-4-29-22-17-20(18-23(30-5-2)24(22)31-6-3)25(28)27-15-13-26(14-16-27)12-11-19-9-7-8-10-21(19)32-26/h7-10,17-18H,4-6,11-16H2,1-3H3. The Morgan fingerprint density at radius 3 is 2.19 bits per heavy atom. The predicted octanol–water partition coefficient (Wildman–Crippen LogP) is 4.88. The Balaban J connectivity index is 1.50. The molecule has 0 aliphatic carbocycles. The van der Waals surface area contributed by atoms with E-state index in [4.69, 9.17) is 18.9 Å². The lowest BCUT2D eigenvalue weighted by molar-refractivity contribution is -0.0107. The van der Waals surface area contributed by atoms with Crippen LogP contribution in [0.3, 0.4) is 0 Å². The molecule has 0 bridgehead atoms. The molecule has 0 saturated carbocycles. The molecule has 0 aromatic heterocycles. The van der Waals surface area contributed by atoms with Crippen LogP contribution in [0.25, 0.3) is 0 Å². The molecule has 1 amide bonds. The number of aryl methyl sites for hydroxylation is 1. The summed E-state index contributed by atoms with van der Waals surface area (Å²) in [7, 11) is 0. The van der Waals surface area contributed by atoms with E-state index < -0.39 is 0 Å². The van der Waals surface area contributed by atoms with E-state index in [1.165, 1.54) is 5.56 Å². The molecule has 1 fully saturated rings. The van der Waals surface area contributed by atoms with E-state index in [0.717, 1.165) is 31.4 Å². The van der Waals surface area contributed by atoms with Gasteiger partial charge in [-0.25, -0.2) is 0 Å². The van der Waals surface area contributed by atoms with Gasteiger partial charge in [-0.1, -0.05) is 18.2 Å². The Bertz CT molecular complexity index is 922. The van der Waals surface area contributed by atoms with Crippen LogP contribution in [0.2, 0.25) is 0 Å². The van der Waals surface area contributed by atoms with Crippen molar-refractivity contribution in [1.82, 2.24) is 4.90 Å². The molecule has 2 aliphatic heterocycles. The van der Waals surface area contributed by atoms with Gasteiger partial charge in [0.15, 0.2) is 11.5 Å². The molecule has 0 radical (unpaired) electrons. The number of carbonyl (C=O) groups excluding carboxylic acids is 1. The van der Waals surface area contributed by atoms with Crippen molar-refractivity contribution in [2.24, 2.45) is 0 Å². The van der Waals surface area contributed by atoms with Crippen LogP contribution in [0.1, 0.15) is 56.0 Å². The Kier molecular flexibility index (Phi) is 6.77. The van der Waals surface area contributed by atoms with Crippen molar-refractivity contribution in [3.63, 3.8) is 0 Å². The van der Waals surface area contributed by atoms with Crippen LogP contribution < -0.4 is 18.9 Å². The normalized spacial score (nSPS) is 16.8. The van der Waals surface area contributed by atoms with Crippen LogP contribution >= 0.6 is 0 Å². The quantitative estimate of drug-likeness (QED) is 0.615. The summed E-state index contributed by atoms with van der Waals surface area (Å²) in [5, 5.41) is 0. The number of amides is 1. The molecule has 4 rings (SSSR count). The number of likely N-dealkylation sites (tertiary alicyclic amines) is 1. The smallest absolute Gasteiger partial charge is 0.254 e. The van der Waals surface area contributed by atoms with Crippen LogP contribution in [-0.4, -0.2) is 49.3 Å². The van der Waals surface area contributed by atoms with Gasteiger partial charge in [-0.2, -0.15) is 0 Å². The van der Waals surface area contributed by atoms with Crippen LogP contribution in [0.5, 0.6) is 23.0 Å². The third kappa shape index (κ3) is 4.50. The fourth-order valence-electron chi connectivity index (χ4n) is 4.62. The first-order valence-corrected chi connectivity index (χ1v) is 11.7. The fourth-order valence-corrected chi connectivity index (χ4v) is 4.62. The van der Waals surface area contributed by atoms with Crippen molar-refractivity contribution in [2.45, 2.75) is 52.1 Å². The second-order valence-corrected chi connectivity index (χ2v) is 8.29. The van der Waals surface area contributed by atoms with E-state index in [0.29, 0.717) is 55.7 Å². The molecule has 2 aromatic carbocycles. The minimum absolute atomic E-state index is 0.0129. The molecule has 6 nitrogen and oxygen atoms in total. The van der Waals surface area contributed by atoms with Gasteiger partial charge < -0.3 is 23.8 Å². The van der Waals surface area contributed by atoms with E-state index in [1.807, 2.05) is 31.7 Å². The number of piperidine rings is 1. The SMILES string of the molecule is CCOc1cc(C(=O)N2CCC3(CCc4ccccc4O3)CC2)cc(OCC)c1OCC. The Morgan fingerprint density at radius 1 is 0.938 bits per heavy atom. The minimum atomic E-state index is -0.170. The van der Waals surface area contributed by atoms with Crippen LogP contribution in [0, 0.1) is 0 Å². The lowest BCUT2D eigenvalue weighted by Crippen LogP contribution is -2.51. The largest absolute Gasteiger partial charge is 0.490 e. The highest BCUT2D eigenvalue weighted by Crippen LogP contribution is 2.41. The van der Waals surface area contributed by atoms with Crippen molar-refractivity contribution in [3.8, 4) is 23.0 Å². The predicted molar refractivity (Wildman–Crippen MR) is 123 cm³/mol. The van der Waals surface area contributed by atoms with Gasteiger partial charge >= 0.3 is 0 Å². The first-order chi connectivity index (χ1) is 15.6. The second-order valence-electron chi connectivity index (χ2n) is 8.29. The molecule has 1 spiro atoms. The Hall–Kier alpha value is -2.89. The van der Waals surface area contributed by atoms with E-state index in [9.17, 15) is 4.79 Å². The number of ether oxygens (including phenoxy) is 4. The van der Waals surface area contributed by atoms with Crippen molar-refractivity contribution >= 4 is 5.91 Å². The summed E-state index contributed by atoms with van der Waals surface area (Å²) in [5.41, 5.74) is 1.67. The number of carbonyl (C=O) groups is 1. The van der Waals surface area contributed by atoms with Crippen molar-refractivity contribution in [2.75, 3.05) is 32.9 Å². The highest BCUT2D eigenvalue weighted by Gasteiger charge is 2.40. The zero-order chi connectivity index (χ0) is 22.6. The molecule has 1 saturated heterocycles. The summed E-state index contributed by atoms with van der Waals surface area (Å²) < 4.78 is 23.8. The molecule has 0 N–H and O–H groups in total. The number of rotatable bonds is 7. The zero-order valence-electron chi connectivity index (χ0n) is 19.3. The molecule has 172 valence electrons. The average molecular weight is 440 g/mol. The third-order valence-electron chi connectivity index (χ3n) is 6.27.